The molecule has 1 aliphatic rings. The Bertz CT molecular complexity index is 2280. The molecule has 1 aliphatic heterocycles. The van der Waals surface area contributed by atoms with Crippen molar-refractivity contribution in [3.05, 3.63) is 162 Å². The van der Waals surface area contributed by atoms with E-state index >= 15 is 0 Å². The van der Waals surface area contributed by atoms with Gasteiger partial charge < -0.3 is 14.5 Å². The van der Waals surface area contributed by atoms with Crippen molar-refractivity contribution in [1.82, 2.24) is 4.98 Å². The first-order chi connectivity index (χ1) is 24.0. The van der Waals surface area contributed by atoms with Crippen molar-refractivity contribution in [3.8, 4) is 22.4 Å². The number of aryl methyl sites for hydroxylation is 2. The third-order valence-corrected chi connectivity index (χ3v) is 9.18. The van der Waals surface area contributed by atoms with Gasteiger partial charge in [0.2, 0.25) is 0 Å². The molecule has 0 aliphatic carbocycles. The summed E-state index contributed by atoms with van der Waals surface area (Å²) in [5.74, 6) is -0.328. The van der Waals surface area contributed by atoms with Crippen LogP contribution in [-0.2, 0) is 4.74 Å². The van der Waals surface area contributed by atoms with Crippen LogP contribution in [0.5, 0.6) is 0 Å². The third-order valence-electron chi connectivity index (χ3n) is 9.18. The highest BCUT2D eigenvalue weighted by Crippen LogP contribution is 2.55. The Morgan fingerprint density at radius 3 is 1.80 bits per heavy atom. The number of benzene rings is 6. The number of anilines is 6. The third kappa shape index (κ3) is 5.30. The van der Waals surface area contributed by atoms with Crippen LogP contribution in [-0.4, -0.2) is 17.6 Å². The van der Waals surface area contributed by atoms with Gasteiger partial charge in [0.25, 0.3) is 0 Å². The van der Waals surface area contributed by atoms with Crippen molar-refractivity contribution in [3.63, 3.8) is 0 Å². The van der Waals surface area contributed by atoms with E-state index in [1.165, 1.54) is 5.56 Å². The first-order valence-corrected chi connectivity index (χ1v) is 16.6. The van der Waals surface area contributed by atoms with Gasteiger partial charge in [0.1, 0.15) is 0 Å². The average molecular weight is 638 g/mol. The summed E-state index contributed by atoms with van der Waals surface area (Å²) in [6.07, 6.45) is 0. The molecule has 0 radical (unpaired) electrons. The number of nitrogens with zero attached hydrogens (tertiary/aromatic N) is 3. The molecule has 6 aromatic carbocycles. The summed E-state index contributed by atoms with van der Waals surface area (Å²) in [5.41, 5.74) is 14.2. The number of fused-ring (bicyclic) bond motifs is 3. The quantitative estimate of drug-likeness (QED) is 0.170. The summed E-state index contributed by atoms with van der Waals surface area (Å²) in [5, 5.41) is 1.11. The number of aromatic nitrogens is 1. The van der Waals surface area contributed by atoms with Crippen LogP contribution < -0.4 is 9.80 Å². The Morgan fingerprint density at radius 1 is 0.612 bits per heavy atom. The highest BCUT2D eigenvalue weighted by atomic mass is 16.5. The molecular weight excluding hydrogens is 603 g/mol. The molecule has 49 heavy (non-hydrogen) atoms. The second-order valence-electron chi connectivity index (χ2n) is 12.3. The van der Waals surface area contributed by atoms with Crippen LogP contribution in [0.2, 0.25) is 0 Å². The predicted octanol–water partition coefficient (Wildman–Crippen LogP) is 11.6. The minimum atomic E-state index is -0.328. The van der Waals surface area contributed by atoms with E-state index in [0.29, 0.717) is 12.2 Å². The van der Waals surface area contributed by atoms with Gasteiger partial charge in [-0.05, 0) is 98.1 Å². The minimum Gasteiger partial charge on any atom is -0.462 e. The van der Waals surface area contributed by atoms with Gasteiger partial charge in [0, 0.05) is 16.6 Å². The summed E-state index contributed by atoms with van der Waals surface area (Å²) in [4.78, 5) is 22.6. The maximum atomic E-state index is 12.5. The molecule has 0 spiro atoms. The van der Waals surface area contributed by atoms with E-state index < -0.39 is 0 Å². The van der Waals surface area contributed by atoms with Crippen molar-refractivity contribution < 1.29 is 9.53 Å². The standard InChI is InChI=1S/C44H35N3O2/c1-4-49-44(48)33-25-23-32(24-26-33)36-28-35(31-21-18-29(2)19-22-31)42-30(3)20-27-41(43(42)45-36)47-39-16-10-8-14-37(39)46(34-12-6-5-7-13-34)38-15-9-11-17-40(38)47/h5-28H,4H2,1-3H3. The van der Waals surface area contributed by atoms with Gasteiger partial charge in [-0.3, -0.25) is 0 Å². The lowest BCUT2D eigenvalue weighted by Gasteiger charge is -2.40. The lowest BCUT2D eigenvalue weighted by Crippen LogP contribution is -2.24. The second kappa shape index (κ2) is 12.4. The summed E-state index contributed by atoms with van der Waals surface area (Å²) in [6.45, 7) is 6.42. The Kier molecular flexibility index (Phi) is 7.65. The van der Waals surface area contributed by atoms with Gasteiger partial charge in [0.05, 0.1) is 51.8 Å². The van der Waals surface area contributed by atoms with Gasteiger partial charge in [-0.25, -0.2) is 9.78 Å². The molecule has 7 aromatic rings. The number of hydrogen-bond donors (Lipinski definition) is 0. The molecule has 0 fully saturated rings. The maximum absolute atomic E-state index is 12.5. The van der Waals surface area contributed by atoms with E-state index in [9.17, 15) is 4.79 Å². The van der Waals surface area contributed by atoms with Crippen LogP contribution in [0.4, 0.5) is 34.1 Å². The van der Waals surface area contributed by atoms with E-state index in [1.54, 1.807) is 0 Å². The number of carbonyl (C=O) groups is 1. The number of ether oxygens (including phenoxy) is 1. The smallest absolute Gasteiger partial charge is 0.338 e. The molecule has 0 N–H and O–H groups in total. The second-order valence-corrected chi connectivity index (χ2v) is 12.3. The van der Waals surface area contributed by atoms with Crippen LogP contribution in [0, 0.1) is 13.8 Å². The molecule has 0 atom stereocenters. The van der Waals surface area contributed by atoms with E-state index in [1.807, 2.05) is 31.2 Å². The normalized spacial score (nSPS) is 12.1. The van der Waals surface area contributed by atoms with Crippen molar-refractivity contribution in [2.24, 2.45) is 0 Å². The van der Waals surface area contributed by atoms with Crippen molar-refractivity contribution in [1.29, 1.82) is 0 Å². The van der Waals surface area contributed by atoms with Gasteiger partial charge in [-0.1, -0.05) is 90.5 Å². The van der Waals surface area contributed by atoms with E-state index in [0.717, 1.165) is 73.0 Å². The van der Waals surface area contributed by atoms with Crippen LogP contribution in [0.25, 0.3) is 33.3 Å². The topological polar surface area (TPSA) is 45.7 Å². The fourth-order valence-corrected chi connectivity index (χ4v) is 6.84. The Morgan fingerprint density at radius 2 is 1.18 bits per heavy atom. The number of pyridine rings is 1. The number of hydrogen-bond acceptors (Lipinski definition) is 5. The van der Waals surface area contributed by atoms with Crippen LogP contribution in [0.15, 0.2) is 146 Å². The van der Waals surface area contributed by atoms with E-state index in [-0.39, 0.29) is 5.97 Å². The lowest BCUT2D eigenvalue weighted by atomic mass is 9.93. The molecule has 0 bridgehead atoms. The van der Waals surface area contributed by atoms with E-state index in [2.05, 4.69) is 145 Å². The number of para-hydroxylation sites is 5. The molecule has 0 saturated carbocycles. The Balaban J connectivity index is 1.39. The zero-order valence-corrected chi connectivity index (χ0v) is 27.7. The molecule has 238 valence electrons. The largest absolute Gasteiger partial charge is 0.462 e. The summed E-state index contributed by atoms with van der Waals surface area (Å²) < 4.78 is 5.24. The molecular formula is C44H35N3O2. The highest BCUT2D eigenvalue weighted by Gasteiger charge is 2.31. The first kappa shape index (κ1) is 30.2. The molecule has 1 aromatic heterocycles. The van der Waals surface area contributed by atoms with E-state index in [4.69, 9.17) is 9.72 Å². The summed E-state index contributed by atoms with van der Waals surface area (Å²) >= 11 is 0. The van der Waals surface area contributed by atoms with Gasteiger partial charge in [-0.2, -0.15) is 0 Å². The van der Waals surface area contributed by atoms with Crippen LogP contribution in [0.1, 0.15) is 28.4 Å². The molecule has 8 rings (SSSR count). The van der Waals surface area contributed by atoms with Gasteiger partial charge >= 0.3 is 5.97 Å². The summed E-state index contributed by atoms with van der Waals surface area (Å²) in [6, 6.07) is 50.5. The molecule has 5 nitrogen and oxygen atoms in total. The highest BCUT2D eigenvalue weighted by molar-refractivity contribution is 6.10. The predicted molar refractivity (Wildman–Crippen MR) is 201 cm³/mol. The Hall–Kier alpha value is -6.20. The average Bonchev–Trinajstić information content (AvgIpc) is 3.14. The minimum absolute atomic E-state index is 0.328. The fraction of sp³-hybridized carbons (Fsp3) is 0.0909. The summed E-state index contributed by atoms with van der Waals surface area (Å²) in [7, 11) is 0. The fourth-order valence-electron chi connectivity index (χ4n) is 6.84. The molecule has 0 saturated heterocycles. The first-order valence-electron chi connectivity index (χ1n) is 16.6. The molecule has 0 unspecified atom stereocenters. The van der Waals surface area contributed by atoms with Crippen molar-refractivity contribution >= 4 is 51.0 Å². The monoisotopic (exact) mass is 637 g/mol. The maximum Gasteiger partial charge on any atom is 0.338 e. The van der Waals surface area contributed by atoms with Crippen molar-refractivity contribution in [2.45, 2.75) is 20.8 Å². The van der Waals surface area contributed by atoms with Crippen LogP contribution in [0.3, 0.4) is 0 Å². The number of esters is 1. The van der Waals surface area contributed by atoms with Gasteiger partial charge in [0.15, 0.2) is 0 Å². The SMILES string of the molecule is CCOC(=O)c1ccc(-c2cc(-c3ccc(C)cc3)c3c(C)ccc(N4c5ccccc5N(c5ccccc5)c5ccccc54)c3n2)cc1. The van der Waals surface area contributed by atoms with Crippen LogP contribution >= 0.6 is 0 Å². The van der Waals surface area contributed by atoms with Gasteiger partial charge in [-0.15, -0.1) is 0 Å². The molecule has 0 amide bonds. The van der Waals surface area contributed by atoms with Crippen molar-refractivity contribution in [2.75, 3.05) is 16.4 Å². The molecule has 5 heteroatoms. The Labute approximate surface area is 286 Å². The molecule has 2 heterocycles. The zero-order valence-electron chi connectivity index (χ0n) is 27.7. The lowest BCUT2D eigenvalue weighted by molar-refractivity contribution is 0.0526. The number of rotatable bonds is 6. The zero-order chi connectivity index (χ0) is 33.5. The number of carbonyl (C=O) groups excluding carboxylic acids is 1.